The van der Waals surface area contributed by atoms with Gasteiger partial charge < -0.3 is 19.8 Å². The first-order valence-electron chi connectivity index (χ1n) is 12.4. The van der Waals surface area contributed by atoms with Gasteiger partial charge in [-0.05, 0) is 78.4 Å². The Labute approximate surface area is 210 Å². The van der Waals surface area contributed by atoms with Gasteiger partial charge in [0.2, 0.25) is 5.91 Å². The van der Waals surface area contributed by atoms with Gasteiger partial charge in [0.05, 0.1) is 7.11 Å². The fourth-order valence-corrected chi connectivity index (χ4v) is 5.21. The van der Waals surface area contributed by atoms with Crippen molar-refractivity contribution in [2.24, 2.45) is 0 Å². The molecule has 0 radical (unpaired) electrons. The first kappa shape index (κ1) is 24.1. The van der Waals surface area contributed by atoms with Crippen molar-refractivity contribution in [3.8, 4) is 17.0 Å². The van der Waals surface area contributed by atoms with E-state index in [1.807, 2.05) is 42.5 Å². The normalized spacial score (nSPS) is 15.1. The molecule has 6 heteroatoms. The molecule has 4 aromatic rings. The smallest absolute Gasteiger partial charge is 0.220 e. The minimum absolute atomic E-state index is 0.0109. The molecule has 36 heavy (non-hydrogen) atoms. The van der Waals surface area contributed by atoms with Gasteiger partial charge in [0.15, 0.2) is 0 Å². The summed E-state index contributed by atoms with van der Waals surface area (Å²) in [5.41, 5.74) is 4.85. The second-order valence-corrected chi connectivity index (χ2v) is 9.43. The molecule has 186 valence electrons. The monoisotopic (exact) mass is 486 g/mol. The Hall–Kier alpha value is -3.64. The highest BCUT2D eigenvalue weighted by molar-refractivity contribution is 5.91. The Morgan fingerprint density at radius 2 is 1.83 bits per heavy atom. The van der Waals surface area contributed by atoms with Gasteiger partial charge in [-0.15, -0.1) is 0 Å². The predicted octanol–water partition coefficient (Wildman–Crippen LogP) is 5.78. The van der Waals surface area contributed by atoms with E-state index in [0.29, 0.717) is 32.6 Å². The number of carbonyl (C=O) groups is 1. The average Bonchev–Trinajstić information content (AvgIpc) is 3.30. The van der Waals surface area contributed by atoms with Crippen molar-refractivity contribution < 1.29 is 18.7 Å². The van der Waals surface area contributed by atoms with Crippen molar-refractivity contribution in [1.82, 2.24) is 10.3 Å². The van der Waals surface area contributed by atoms with Crippen LogP contribution in [-0.2, 0) is 21.4 Å². The molecule has 1 saturated heterocycles. The molecule has 1 aliphatic rings. The molecule has 2 N–H and O–H groups in total. The summed E-state index contributed by atoms with van der Waals surface area (Å²) in [4.78, 5) is 16.6. The summed E-state index contributed by atoms with van der Waals surface area (Å²) < 4.78 is 24.9. The maximum atomic E-state index is 14.0. The fourth-order valence-electron chi connectivity index (χ4n) is 5.21. The van der Waals surface area contributed by atoms with E-state index in [4.69, 9.17) is 9.47 Å². The third kappa shape index (κ3) is 5.00. The minimum Gasteiger partial charge on any atom is -0.497 e. The summed E-state index contributed by atoms with van der Waals surface area (Å²) >= 11 is 0. The molecule has 2 heterocycles. The van der Waals surface area contributed by atoms with Crippen LogP contribution >= 0.6 is 0 Å². The van der Waals surface area contributed by atoms with Crippen LogP contribution in [-0.4, -0.2) is 37.8 Å². The molecule has 0 unspecified atom stereocenters. The van der Waals surface area contributed by atoms with Gasteiger partial charge >= 0.3 is 0 Å². The predicted molar refractivity (Wildman–Crippen MR) is 140 cm³/mol. The highest BCUT2D eigenvalue weighted by atomic mass is 19.1. The zero-order valence-corrected chi connectivity index (χ0v) is 20.5. The van der Waals surface area contributed by atoms with Gasteiger partial charge in [-0.2, -0.15) is 0 Å². The number of amides is 1. The summed E-state index contributed by atoms with van der Waals surface area (Å²) in [5.74, 6) is 0.537. The number of benzene rings is 3. The lowest BCUT2D eigenvalue weighted by Gasteiger charge is -2.38. The van der Waals surface area contributed by atoms with Crippen molar-refractivity contribution in [2.45, 2.75) is 31.1 Å². The second-order valence-electron chi connectivity index (χ2n) is 9.43. The van der Waals surface area contributed by atoms with Gasteiger partial charge in [0.1, 0.15) is 11.6 Å². The molecular formula is C30H31FN2O3. The number of fused-ring (bicyclic) bond motifs is 1. The summed E-state index contributed by atoms with van der Waals surface area (Å²) in [6.45, 7) is 1.68. The summed E-state index contributed by atoms with van der Waals surface area (Å²) in [6, 6.07) is 22.8. The van der Waals surface area contributed by atoms with E-state index in [-0.39, 0.29) is 17.1 Å². The van der Waals surface area contributed by atoms with Crippen LogP contribution in [0, 0.1) is 5.82 Å². The lowest BCUT2D eigenvalue weighted by atomic mass is 9.74. The van der Waals surface area contributed by atoms with Crippen LogP contribution < -0.4 is 10.1 Å². The zero-order chi connectivity index (χ0) is 25.0. The number of aromatic nitrogens is 1. The second kappa shape index (κ2) is 10.5. The van der Waals surface area contributed by atoms with Crippen LogP contribution in [0.2, 0.25) is 0 Å². The average molecular weight is 487 g/mol. The number of rotatable bonds is 8. The van der Waals surface area contributed by atoms with Gasteiger partial charge in [0.25, 0.3) is 0 Å². The first-order chi connectivity index (χ1) is 17.6. The number of hydrogen-bond acceptors (Lipinski definition) is 3. The van der Waals surface area contributed by atoms with E-state index in [2.05, 4.69) is 22.4 Å². The number of aryl methyl sites for hydroxylation is 1. The van der Waals surface area contributed by atoms with E-state index in [1.54, 1.807) is 19.2 Å². The van der Waals surface area contributed by atoms with Gasteiger partial charge in [0, 0.05) is 48.2 Å². The fraction of sp³-hybridized carbons (Fsp3) is 0.300. The van der Waals surface area contributed by atoms with Gasteiger partial charge in [-0.3, -0.25) is 4.79 Å². The van der Waals surface area contributed by atoms with Crippen LogP contribution in [0.4, 0.5) is 4.39 Å². The molecule has 1 amide bonds. The van der Waals surface area contributed by atoms with Crippen molar-refractivity contribution >= 4 is 16.8 Å². The SMILES string of the molecule is COc1ccc(-c2[nH]c3ccccc3c2CCC(=O)NCC2(c3cccc(F)c3)CCOCC2)cc1. The Morgan fingerprint density at radius 1 is 1.06 bits per heavy atom. The van der Waals surface area contributed by atoms with Crippen LogP contribution in [0.15, 0.2) is 72.8 Å². The molecule has 5 rings (SSSR count). The maximum Gasteiger partial charge on any atom is 0.220 e. The molecule has 1 fully saturated rings. The zero-order valence-electron chi connectivity index (χ0n) is 20.5. The largest absolute Gasteiger partial charge is 0.497 e. The van der Waals surface area contributed by atoms with Crippen LogP contribution in [0.1, 0.15) is 30.4 Å². The number of nitrogens with one attached hydrogen (secondary N) is 2. The van der Waals surface area contributed by atoms with Gasteiger partial charge in [-0.25, -0.2) is 4.39 Å². The number of ether oxygens (including phenoxy) is 2. The van der Waals surface area contributed by atoms with Crippen LogP contribution in [0.5, 0.6) is 5.75 Å². The molecule has 0 spiro atoms. The van der Waals surface area contributed by atoms with E-state index in [9.17, 15) is 9.18 Å². The summed E-state index contributed by atoms with van der Waals surface area (Å²) in [7, 11) is 1.65. The van der Waals surface area contributed by atoms with Crippen molar-refractivity contribution in [3.05, 3.63) is 89.7 Å². The Bertz CT molecular complexity index is 1340. The molecule has 1 aromatic heterocycles. The highest BCUT2D eigenvalue weighted by Gasteiger charge is 2.35. The number of aromatic amines is 1. The molecule has 5 nitrogen and oxygen atoms in total. The number of carbonyl (C=O) groups excluding carboxylic acids is 1. The molecule has 1 aliphatic heterocycles. The first-order valence-corrected chi connectivity index (χ1v) is 12.4. The number of H-pyrrole nitrogens is 1. The lowest BCUT2D eigenvalue weighted by molar-refractivity contribution is -0.121. The van der Waals surface area contributed by atoms with Crippen molar-refractivity contribution in [3.63, 3.8) is 0 Å². The molecule has 0 saturated carbocycles. The quantitative estimate of drug-likeness (QED) is 0.332. The van der Waals surface area contributed by atoms with E-state index < -0.39 is 0 Å². The summed E-state index contributed by atoms with van der Waals surface area (Å²) in [5, 5.41) is 4.27. The minimum atomic E-state index is -0.314. The standard InChI is InChI=1S/C30H31FN2O3/c1-35-24-11-9-21(10-12-24)29-26(25-7-2-3-8-27(25)33-29)13-14-28(34)32-20-30(15-17-36-18-16-30)22-5-4-6-23(31)19-22/h2-12,19,33H,13-18,20H2,1H3,(H,32,34). The topological polar surface area (TPSA) is 63.4 Å². The number of halogens is 1. The van der Waals surface area contributed by atoms with Crippen molar-refractivity contribution in [2.75, 3.05) is 26.9 Å². The lowest BCUT2D eigenvalue weighted by Crippen LogP contribution is -2.44. The van der Waals surface area contributed by atoms with Crippen LogP contribution in [0.3, 0.4) is 0 Å². The maximum absolute atomic E-state index is 14.0. The Kier molecular flexibility index (Phi) is 7.05. The van der Waals surface area contributed by atoms with Crippen LogP contribution in [0.25, 0.3) is 22.2 Å². The third-order valence-corrected chi connectivity index (χ3v) is 7.31. The number of methoxy groups -OCH3 is 1. The molecule has 3 aromatic carbocycles. The Balaban J connectivity index is 1.32. The van der Waals surface area contributed by atoms with E-state index >= 15 is 0 Å². The highest BCUT2D eigenvalue weighted by Crippen LogP contribution is 2.35. The molecule has 0 atom stereocenters. The van der Waals surface area contributed by atoms with Gasteiger partial charge in [-0.1, -0.05) is 30.3 Å². The molecule has 0 aliphatic carbocycles. The Morgan fingerprint density at radius 3 is 2.58 bits per heavy atom. The van der Waals surface area contributed by atoms with E-state index in [1.165, 1.54) is 6.07 Å². The third-order valence-electron chi connectivity index (χ3n) is 7.31. The number of hydrogen-bond donors (Lipinski definition) is 2. The summed E-state index contributed by atoms with van der Waals surface area (Å²) in [6.07, 6.45) is 2.47. The van der Waals surface area contributed by atoms with Crippen molar-refractivity contribution in [1.29, 1.82) is 0 Å². The molecular weight excluding hydrogens is 455 g/mol. The van der Waals surface area contributed by atoms with E-state index in [0.717, 1.165) is 51.9 Å². The number of para-hydroxylation sites is 1. The molecule has 0 bridgehead atoms.